The van der Waals surface area contributed by atoms with Gasteiger partial charge in [-0.05, 0) is 81.6 Å². The Morgan fingerprint density at radius 3 is 2.45 bits per heavy atom. The molecule has 0 saturated carbocycles. The Bertz CT molecular complexity index is 1280. The molecule has 0 heterocycles. The van der Waals surface area contributed by atoms with Gasteiger partial charge in [0.25, 0.3) is 0 Å². The number of halogens is 2. The molecular formula is C29H26BrFO2. The number of fused-ring (bicyclic) bond motifs is 1. The van der Waals surface area contributed by atoms with E-state index in [0.29, 0.717) is 17.3 Å². The number of hydrogen-bond donors (Lipinski definition) is 0. The number of rotatable bonds is 8. The number of ether oxygens (including phenoxy) is 1. The average molecular weight is 505 g/mol. The molecule has 0 unspecified atom stereocenters. The summed E-state index contributed by atoms with van der Waals surface area (Å²) >= 11 is 3.56. The zero-order chi connectivity index (χ0) is 23.2. The van der Waals surface area contributed by atoms with Gasteiger partial charge in [-0.25, -0.2) is 4.79 Å². The Morgan fingerprint density at radius 1 is 0.848 bits per heavy atom. The van der Waals surface area contributed by atoms with E-state index in [2.05, 4.69) is 76.6 Å². The van der Waals surface area contributed by atoms with Gasteiger partial charge in [-0.15, -0.1) is 0 Å². The fourth-order valence-corrected chi connectivity index (χ4v) is 4.79. The van der Waals surface area contributed by atoms with Crippen LogP contribution < -0.4 is 0 Å². The van der Waals surface area contributed by atoms with Gasteiger partial charge in [-0.2, -0.15) is 0 Å². The first-order valence-electron chi connectivity index (χ1n) is 11.1. The second-order valence-electron chi connectivity index (χ2n) is 8.04. The molecule has 0 spiro atoms. The summed E-state index contributed by atoms with van der Waals surface area (Å²) in [5.41, 5.74) is 7.41. The molecule has 33 heavy (non-hydrogen) atoms. The van der Waals surface area contributed by atoms with Crippen molar-refractivity contribution in [3.8, 4) is 22.3 Å². The van der Waals surface area contributed by atoms with Crippen LogP contribution in [0.5, 0.6) is 0 Å². The first kappa shape index (κ1) is 23.2. The molecule has 0 aliphatic heterocycles. The van der Waals surface area contributed by atoms with E-state index >= 15 is 0 Å². The Labute approximate surface area is 202 Å². The second-order valence-corrected chi connectivity index (χ2v) is 8.60. The van der Waals surface area contributed by atoms with Gasteiger partial charge in [0.15, 0.2) is 0 Å². The SMILES string of the molecule is COC(=O)c1ccc(-c2ccc3c(-c4ccccc4CCCCF)cccc3c2)c(CBr)c1. The van der Waals surface area contributed by atoms with Crippen molar-refractivity contribution in [2.24, 2.45) is 0 Å². The number of hydrogen-bond acceptors (Lipinski definition) is 2. The molecule has 4 heteroatoms. The van der Waals surface area contributed by atoms with Crippen LogP contribution in [0.1, 0.15) is 34.3 Å². The molecule has 2 nitrogen and oxygen atoms in total. The fraction of sp³-hybridized carbons (Fsp3) is 0.207. The van der Waals surface area contributed by atoms with Crippen molar-refractivity contribution >= 4 is 32.7 Å². The number of carbonyl (C=O) groups excluding carboxylic acids is 1. The lowest BCUT2D eigenvalue weighted by molar-refractivity contribution is 0.0600. The fourth-order valence-electron chi connectivity index (χ4n) is 4.33. The van der Waals surface area contributed by atoms with Gasteiger partial charge in [0, 0.05) is 5.33 Å². The van der Waals surface area contributed by atoms with Crippen molar-refractivity contribution in [3.05, 3.63) is 95.6 Å². The molecule has 0 saturated heterocycles. The lowest BCUT2D eigenvalue weighted by Gasteiger charge is -2.14. The number of benzene rings is 4. The molecule has 0 fully saturated rings. The van der Waals surface area contributed by atoms with Gasteiger partial charge in [0.05, 0.1) is 19.3 Å². The van der Waals surface area contributed by atoms with Crippen molar-refractivity contribution in [1.82, 2.24) is 0 Å². The lowest BCUT2D eigenvalue weighted by Crippen LogP contribution is -2.02. The van der Waals surface area contributed by atoms with Crippen molar-refractivity contribution < 1.29 is 13.9 Å². The number of aryl methyl sites for hydroxylation is 1. The molecule has 0 aliphatic carbocycles. The van der Waals surface area contributed by atoms with Gasteiger partial charge < -0.3 is 4.74 Å². The van der Waals surface area contributed by atoms with Crippen LogP contribution in [0.15, 0.2) is 78.9 Å². The Hall–Kier alpha value is -2.98. The summed E-state index contributed by atoms with van der Waals surface area (Å²) in [5.74, 6) is -0.336. The predicted octanol–water partition coefficient (Wildman–Crippen LogP) is 8.15. The molecular weight excluding hydrogens is 479 g/mol. The molecule has 0 aromatic heterocycles. The molecule has 0 bridgehead atoms. The average Bonchev–Trinajstić information content (AvgIpc) is 2.87. The first-order valence-corrected chi connectivity index (χ1v) is 12.2. The number of unbranched alkanes of at least 4 members (excludes halogenated alkanes) is 1. The van der Waals surface area contributed by atoms with Crippen molar-refractivity contribution in [3.63, 3.8) is 0 Å². The summed E-state index contributed by atoms with van der Waals surface area (Å²) < 4.78 is 17.5. The van der Waals surface area contributed by atoms with Gasteiger partial charge in [-0.3, -0.25) is 4.39 Å². The largest absolute Gasteiger partial charge is 0.465 e. The second kappa shape index (κ2) is 10.8. The zero-order valence-electron chi connectivity index (χ0n) is 18.6. The van der Waals surface area contributed by atoms with Crippen LogP contribution >= 0.6 is 15.9 Å². The lowest BCUT2D eigenvalue weighted by atomic mass is 9.90. The van der Waals surface area contributed by atoms with Crippen LogP contribution in [0, 0.1) is 0 Å². The highest BCUT2D eigenvalue weighted by Crippen LogP contribution is 2.35. The molecule has 0 radical (unpaired) electrons. The Balaban J connectivity index is 1.76. The van der Waals surface area contributed by atoms with Crippen LogP contribution in [0.3, 0.4) is 0 Å². The maximum atomic E-state index is 12.6. The van der Waals surface area contributed by atoms with E-state index < -0.39 is 0 Å². The molecule has 4 aromatic rings. The minimum Gasteiger partial charge on any atom is -0.465 e. The number of methoxy groups -OCH3 is 1. The zero-order valence-corrected chi connectivity index (χ0v) is 20.2. The maximum absolute atomic E-state index is 12.6. The summed E-state index contributed by atoms with van der Waals surface area (Å²) in [4.78, 5) is 11.9. The quantitative estimate of drug-likeness (QED) is 0.137. The van der Waals surface area contributed by atoms with Crippen LogP contribution in [0.4, 0.5) is 4.39 Å². The Kier molecular flexibility index (Phi) is 7.56. The monoisotopic (exact) mass is 504 g/mol. The smallest absolute Gasteiger partial charge is 0.337 e. The van der Waals surface area contributed by atoms with Gasteiger partial charge >= 0.3 is 5.97 Å². The highest BCUT2D eigenvalue weighted by Gasteiger charge is 2.13. The summed E-state index contributed by atoms with van der Waals surface area (Å²) in [6.45, 7) is -0.268. The van der Waals surface area contributed by atoms with E-state index in [1.165, 1.54) is 29.2 Å². The van der Waals surface area contributed by atoms with Crippen LogP contribution in [0.2, 0.25) is 0 Å². The van der Waals surface area contributed by atoms with Crippen LogP contribution in [0.25, 0.3) is 33.0 Å². The summed E-state index contributed by atoms with van der Waals surface area (Å²) in [5, 5.41) is 2.98. The molecule has 0 atom stereocenters. The van der Waals surface area contributed by atoms with E-state index in [0.717, 1.165) is 34.9 Å². The number of carbonyl (C=O) groups is 1. The molecule has 0 aliphatic rings. The van der Waals surface area contributed by atoms with Gasteiger partial charge in [-0.1, -0.05) is 76.6 Å². The summed E-state index contributed by atoms with van der Waals surface area (Å²) in [6.07, 6.45) is 2.31. The number of esters is 1. The van der Waals surface area contributed by atoms with E-state index in [9.17, 15) is 9.18 Å². The van der Waals surface area contributed by atoms with E-state index in [1.807, 2.05) is 18.2 Å². The Morgan fingerprint density at radius 2 is 1.67 bits per heavy atom. The van der Waals surface area contributed by atoms with Crippen molar-refractivity contribution in [2.45, 2.75) is 24.6 Å². The molecule has 4 aromatic carbocycles. The topological polar surface area (TPSA) is 26.3 Å². The molecule has 4 rings (SSSR count). The third-order valence-corrected chi connectivity index (χ3v) is 6.60. The molecule has 0 N–H and O–H groups in total. The highest BCUT2D eigenvalue weighted by molar-refractivity contribution is 9.08. The first-order chi connectivity index (χ1) is 16.2. The summed E-state index contributed by atoms with van der Waals surface area (Å²) in [7, 11) is 1.39. The van der Waals surface area contributed by atoms with E-state index in [-0.39, 0.29) is 12.6 Å². The maximum Gasteiger partial charge on any atom is 0.337 e. The third-order valence-electron chi connectivity index (χ3n) is 6.00. The predicted molar refractivity (Wildman–Crippen MR) is 138 cm³/mol. The van der Waals surface area contributed by atoms with Gasteiger partial charge in [0.1, 0.15) is 0 Å². The van der Waals surface area contributed by atoms with Crippen molar-refractivity contribution in [2.75, 3.05) is 13.8 Å². The third kappa shape index (κ3) is 5.01. The standard InChI is InChI=1S/C29H26BrFO2/c1-33-29(32)23-13-14-25(24(18-23)19-30)22-12-15-27-21(17-22)9-6-11-28(27)26-10-3-2-7-20(26)8-4-5-16-31/h2-3,6-7,9-15,17-18H,4-5,8,16,19H2,1H3. The number of alkyl halides is 2. The van der Waals surface area contributed by atoms with Crippen LogP contribution in [-0.4, -0.2) is 19.8 Å². The highest BCUT2D eigenvalue weighted by atomic mass is 79.9. The molecule has 0 amide bonds. The van der Waals surface area contributed by atoms with Crippen LogP contribution in [-0.2, 0) is 16.5 Å². The van der Waals surface area contributed by atoms with E-state index in [4.69, 9.17) is 4.74 Å². The summed E-state index contributed by atoms with van der Waals surface area (Å²) in [6, 6.07) is 27.0. The van der Waals surface area contributed by atoms with Gasteiger partial charge in [0.2, 0.25) is 0 Å². The minimum atomic E-state index is -0.336. The molecule has 168 valence electrons. The van der Waals surface area contributed by atoms with E-state index in [1.54, 1.807) is 0 Å². The minimum absolute atomic E-state index is 0.268. The van der Waals surface area contributed by atoms with Crippen molar-refractivity contribution in [1.29, 1.82) is 0 Å². The normalized spacial score (nSPS) is 11.0.